The maximum absolute atomic E-state index is 11.4. The molecule has 0 aromatic heterocycles. The van der Waals surface area contributed by atoms with Gasteiger partial charge in [0, 0.05) is 25.4 Å². The lowest BCUT2D eigenvalue weighted by Crippen LogP contribution is -2.32. The van der Waals surface area contributed by atoms with E-state index in [0.717, 1.165) is 31.1 Å². The van der Waals surface area contributed by atoms with Gasteiger partial charge in [0.25, 0.3) is 0 Å². The topological polar surface area (TPSA) is 49.4 Å². The van der Waals surface area contributed by atoms with Gasteiger partial charge >= 0.3 is 0 Å². The average molecular weight is 228 g/mol. The number of imide groups is 1. The molecule has 0 spiro atoms. The average Bonchev–Trinajstić information content (AvgIpc) is 2.71. The van der Waals surface area contributed by atoms with Crippen LogP contribution in [0.5, 0.6) is 0 Å². The number of carbonyl (C=O) groups excluding carboxylic acids is 2. The van der Waals surface area contributed by atoms with Gasteiger partial charge in [0.15, 0.2) is 0 Å². The lowest BCUT2D eigenvalue weighted by molar-refractivity contribution is -0.126. The Morgan fingerprint density at radius 3 is 2.47 bits per heavy atom. The first-order chi connectivity index (χ1) is 7.22. The number of carbonyl (C=O) groups is 2. The molecule has 84 valence electrons. The molecule has 0 unspecified atom stereocenters. The molecule has 5 heteroatoms. The second-order valence-electron chi connectivity index (χ2n) is 4.02. The lowest BCUT2D eigenvalue weighted by atomic mass is 10.00. The molecule has 0 aromatic carbocycles. The highest BCUT2D eigenvalue weighted by molar-refractivity contribution is 7.99. The third-order valence-electron chi connectivity index (χ3n) is 3.07. The van der Waals surface area contributed by atoms with E-state index >= 15 is 0 Å². The monoisotopic (exact) mass is 228 g/mol. The van der Waals surface area contributed by atoms with Crippen molar-refractivity contribution in [3.63, 3.8) is 0 Å². The highest BCUT2D eigenvalue weighted by atomic mass is 32.2. The van der Waals surface area contributed by atoms with E-state index in [0.29, 0.717) is 0 Å². The van der Waals surface area contributed by atoms with Crippen molar-refractivity contribution in [2.75, 3.05) is 31.1 Å². The Bertz CT molecular complexity index is 261. The predicted molar refractivity (Wildman–Crippen MR) is 59.6 cm³/mol. The van der Waals surface area contributed by atoms with Crippen LogP contribution in [0.15, 0.2) is 0 Å². The summed E-state index contributed by atoms with van der Waals surface area (Å²) in [5.74, 6) is 1.91. The summed E-state index contributed by atoms with van der Waals surface area (Å²) in [5, 5.41) is 2.40. The standard InChI is InChI=1S/C10H16N2O2S/c1-2-15-4-3-12-5-7-8(6-12)10(14)11-9(7)13/h7-8H,2-6H2,1H3,(H,11,13,14)/t7-,8+. The van der Waals surface area contributed by atoms with Gasteiger partial charge in [-0.2, -0.15) is 11.8 Å². The molecule has 2 rings (SSSR count). The van der Waals surface area contributed by atoms with Crippen LogP contribution < -0.4 is 5.32 Å². The molecule has 2 fully saturated rings. The number of hydrogen-bond acceptors (Lipinski definition) is 4. The SMILES string of the molecule is CCSCCN1C[C@@H]2C(=O)NC(=O)[C@@H]2C1. The molecule has 2 saturated heterocycles. The molecule has 2 aliphatic rings. The molecule has 0 aliphatic carbocycles. The maximum Gasteiger partial charge on any atom is 0.231 e. The van der Waals surface area contributed by atoms with Crippen molar-refractivity contribution < 1.29 is 9.59 Å². The van der Waals surface area contributed by atoms with E-state index in [1.807, 2.05) is 11.8 Å². The first kappa shape index (κ1) is 11.0. The Balaban J connectivity index is 1.84. The fraction of sp³-hybridized carbons (Fsp3) is 0.800. The smallest absolute Gasteiger partial charge is 0.231 e. The quantitative estimate of drug-likeness (QED) is 0.541. The van der Waals surface area contributed by atoms with E-state index in [4.69, 9.17) is 0 Å². The minimum atomic E-state index is -0.0795. The lowest BCUT2D eigenvalue weighted by Gasteiger charge is -2.15. The summed E-state index contributed by atoms with van der Waals surface area (Å²) >= 11 is 1.90. The Morgan fingerprint density at radius 2 is 1.93 bits per heavy atom. The second kappa shape index (κ2) is 4.53. The van der Waals surface area contributed by atoms with E-state index in [2.05, 4.69) is 17.1 Å². The van der Waals surface area contributed by atoms with Crippen LogP contribution in [-0.2, 0) is 9.59 Å². The van der Waals surface area contributed by atoms with Gasteiger partial charge in [0.1, 0.15) is 0 Å². The number of nitrogens with zero attached hydrogens (tertiary/aromatic N) is 1. The van der Waals surface area contributed by atoms with E-state index in [-0.39, 0.29) is 23.7 Å². The van der Waals surface area contributed by atoms with Crippen molar-refractivity contribution in [1.82, 2.24) is 10.2 Å². The van der Waals surface area contributed by atoms with E-state index in [1.54, 1.807) is 0 Å². The van der Waals surface area contributed by atoms with Gasteiger partial charge in [-0.3, -0.25) is 14.9 Å². The van der Waals surface area contributed by atoms with E-state index in [9.17, 15) is 9.59 Å². The van der Waals surface area contributed by atoms with Gasteiger partial charge in [-0.1, -0.05) is 6.92 Å². The summed E-state index contributed by atoms with van der Waals surface area (Å²) < 4.78 is 0. The molecule has 15 heavy (non-hydrogen) atoms. The summed E-state index contributed by atoms with van der Waals surface area (Å²) in [6.45, 7) is 4.64. The molecule has 2 heterocycles. The van der Waals surface area contributed by atoms with Crippen LogP contribution in [0.1, 0.15) is 6.92 Å². The molecule has 0 radical (unpaired) electrons. The molecule has 0 bridgehead atoms. The zero-order valence-electron chi connectivity index (χ0n) is 8.86. The van der Waals surface area contributed by atoms with E-state index in [1.165, 1.54) is 0 Å². The number of amides is 2. The molecule has 2 atom stereocenters. The highest BCUT2D eigenvalue weighted by Gasteiger charge is 2.47. The van der Waals surface area contributed by atoms with Gasteiger partial charge < -0.3 is 4.90 Å². The van der Waals surface area contributed by atoms with Gasteiger partial charge in [-0.15, -0.1) is 0 Å². The third-order valence-corrected chi connectivity index (χ3v) is 3.95. The number of likely N-dealkylation sites (tertiary alicyclic amines) is 1. The van der Waals surface area contributed by atoms with Crippen molar-refractivity contribution >= 4 is 23.6 Å². The predicted octanol–water partition coefficient (Wildman–Crippen LogP) is -0.0561. The Labute approximate surface area is 93.8 Å². The summed E-state index contributed by atoms with van der Waals surface area (Å²) in [6.07, 6.45) is 0. The first-order valence-electron chi connectivity index (χ1n) is 5.37. The maximum atomic E-state index is 11.4. The molecule has 0 saturated carbocycles. The minimum absolute atomic E-state index is 0.0735. The first-order valence-corrected chi connectivity index (χ1v) is 6.52. The zero-order valence-corrected chi connectivity index (χ0v) is 9.68. The molecule has 0 aromatic rings. The Hall–Kier alpha value is -0.550. The van der Waals surface area contributed by atoms with Gasteiger partial charge in [0.05, 0.1) is 11.8 Å². The third kappa shape index (κ3) is 2.18. The van der Waals surface area contributed by atoms with Gasteiger partial charge in [0.2, 0.25) is 11.8 Å². The fourth-order valence-corrected chi connectivity index (χ4v) is 2.92. The van der Waals surface area contributed by atoms with Crippen LogP contribution in [0.2, 0.25) is 0 Å². The van der Waals surface area contributed by atoms with Crippen molar-refractivity contribution in [1.29, 1.82) is 0 Å². The summed E-state index contributed by atoms with van der Waals surface area (Å²) in [7, 11) is 0. The molecule has 2 amide bonds. The van der Waals surface area contributed by atoms with Crippen molar-refractivity contribution in [2.45, 2.75) is 6.92 Å². The number of rotatable bonds is 4. The second-order valence-corrected chi connectivity index (χ2v) is 5.42. The van der Waals surface area contributed by atoms with Gasteiger partial charge in [-0.25, -0.2) is 0 Å². The van der Waals surface area contributed by atoms with Crippen molar-refractivity contribution in [3.05, 3.63) is 0 Å². The van der Waals surface area contributed by atoms with Gasteiger partial charge in [-0.05, 0) is 5.75 Å². The molecular weight excluding hydrogens is 212 g/mol. The van der Waals surface area contributed by atoms with Crippen molar-refractivity contribution in [2.24, 2.45) is 11.8 Å². The molecular formula is C10H16N2O2S. The van der Waals surface area contributed by atoms with Crippen LogP contribution in [0.25, 0.3) is 0 Å². The minimum Gasteiger partial charge on any atom is -0.301 e. The summed E-state index contributed by atoms with van der Waals surface area (Å²) in [5.41, 5.74) is 0. The fourth-order valence-electron chi connectivity index (χ4n) is 2.24. The highest BCUT2D eigenvalue weighted by Crippen LogP contribution is 2.28. The number of hydrogen-bond donors (Lipinski definition) is 1. The molecule has 4 nitrogen and oxygen atoms in total. The van der Waals surface area contributed by atoms with Crippen molar-refractivity contribution in [3.8, 4) is 0 Å². The Morgan fingerprint density at radius 1 is 1.33 bits per heavy atom. The number of nitrogens with one attached hydrogen (secondary N) is 1. The Kier molecular flexibility index (Phi) is 3.31. The summed E-state index contributed by atoms with van der Waals surface area (Å²) in [4.78, 5) is 25.0. The van der Waals surface area contributed by atoms with Crippen LogP contribution in [-0.4, -0.2) is 47.9 Å². The normalized spacial score (nSPS) is 30.7. The van der Waals surface area contributed by atoms with Crippen LogP contribution in [0.3, 0.4) is 0 Å². The zero-order chi connectivity index (χ0) is 10.8. The number of thioether (sulfide) groups is 1. The van der Waals surface area contributed by atoms with E-state index < -0.39 is 0 Å². The number of fused-ring (bicyclic) bond motifs is 1. The van der Waals surface area contributed by atoms with Crippen LogP contribution in [0.4, 0.5) is 0 Å². The molecule has 1 N–H and O–H groups in total. The van der Waals surface area contributed by atoms with Crippen LogP contribution in [0, 0.1) is 11.8 Å². The van der Waals surface area contributed by atoms with Crippen LogP contribution >= 0.6 is 11.8 Å². The largest absolute Gasteiger partial charge is 0.301 e. The molecule has 2 aliphatic heterocycles. The summed E-state index contributed by atoms with van der Waals surface area (Å²) in [6, 6.07) is 0.